The van der Waals surface area contributed by atoms with Crippen LogP contribution < -0.4 is 4.74 Å². The van der Waals surface area contributed by atoms with E-state index in [0.29, 0.717) is 12.4 Å². The number of aromatic nitrogens is 2. The molecule has 4 nitrogen and oxygen atoms in total. The number of rotatable bonds is 5. The van der Waals surface area contributed by atoms with E-state index in [1.165, 1.54) is 0 Å². The Bertz CT molecular complexity index is 635. The Morgan fingerprint density at radius 2 is 2.14 bits per heavy atom. The first-order valence-corrected chi connectivity index (χ1v) is 7.85. The zero-order valence-electron chi connectivity index (χ0n) is 12.9. The van der Waals surface area contributed by atoms with Crippen molar-refractivity contribution in [1.82, 2.24) is 9.78 Å². The fourth-order valence-corrected chi connectivity index (χ4v) is 2.98. The molecule has 1 aromatic carbocycles. The molecular formula is C16H21BrN2O2. The minimum absolute atomic E-state index is 0.410. The van der Waals surface area contributed by atoms with Gasteiger partial charge in [0.15, 0.2) is 0 Å². The Hall–Kier alpha value is -1.33. The Morgan fingerprint density at radius 1 is 1.43 bits per heavy atom. The molecule has 0 radical (unpaired) electrons. The van der Waals surface area contributed by atoms with E-state index in [4.69, 9.17) is 4.74 Å². The zero-order chi connectivity index (χ0) is 15.6. The van der Waals surface area contributed by atoms with Crippen LogP contribution in [0.1, 0.15) is 42.5 Å². The van der Waals surface area contributed by atoms with Crippen LogP contribution in [0.15, 0.2) is 22.7 Å². The summed E-state index contributed by atoms with van der Waals surface area (Å²) in [5.74, 6) is 0.710. The number of aliphatic hydroxyl groups excluding tert-OH is 1. The van der Waals surface area contributed by atoms with Gasteiger partial charge in [0.1, 0.15) is 12.4 Å². The highest BCUT2D eigenvalue weighted by Gasteiger charge is 2.15. The van der Waals surface area contributed by atoms with E-state index in [9.17, 15) is 5.11 Å². The molecule has 0 fully saturated rings. The number of aryl methyl sites for hydroxylation is 3. The highest BCUT2D eigenvalue weighted by atomic mass is 79.9. The molecule has 1 N–H and O–H groups in total. The van der Waals surface area contributed by atoms with Crippen LogP contribution in [0.4, 0.5) is 0 Å². The summed E-state index contributed by atoms with van der Waals surface area (Å²) in [5, 5.41) is 14.3. The van der Waals surface area contributed by atoms with E-state index in [1.807, 2.05) is 36.9 Å². The van der Waals surface area contributed by atoms with Crippen molar-refractivity contribution in [2.24, 2.45) is 7.05 Å². The van der Waals surface area contributed by atoms with Crippen LogP contribution in [-0.2, 0) is 20.1 Å². The van der Waals surface area contributed by atoms with Gasteiger partial charge in [-0.2, -0.15) is 5.10 Å². The van der Waals surface area contributed by atoms with Crippen LogP contribution in [-0.4, -0.2) is 14.9 Å². The molecule has 0 aliphatic carbocycles. The predicted molar refractivity (Wildman–Crippen MR) is 86.4 cm³/mol. The predicted octanol–water partition coefficient (Wildman–Crippen LogP) is 3.69. The summed E-state index contributed by atoms with van der Waals surface area (Å²) in [5.41, 5.74) is 3.93. The number of aliphatic hydroxyl groups is 1. The summed E-state index contributed by atoms with van der Waals surface area (Å²) in [6.07, 6.45) is 0.318. The van der Waals surface area contributed by atoms with E-state index < -0.39 is 6.10 Å². The maximum atomic E-state index is 9.87. The van der Waals surface area contributed by atoms with Gasteiger partial charge in [-0.15, -0.1) is 0 Å². The molecule has 21 heavy (non-hydrogen) atoms. The van der Waals surface area contributed by atoms with Crippen LogP contribution >= 0.6 is 15.9 Å². The molecule has 0 amide bonds. The molecule has 0 spiro atoms. The summed E-state index contributed by atoms with van der Waals surface area (Å²) in [6.45, 7) is 6.23. The fourth-order valence-electron chi connectivity index (χ4n) is 2.25. The topological polar surface area (TPSA) is 47.3 Å². The van der Waals surface area contributed by atoms with Crippen LogP contribution in [0.5, 0.6) is 5.75 Å². The summed E-state index contributed by atoms with van der Waals surface area (Å²) >= 11 is 3.58. The first-order chi connectivity index (χ1) is 9.93. The lowest BCUT2D eigenvalue weighted by atomic mass is 10.1. The van der Waals surface area contributed by atoms with Gasteiger partial charge in [0, 0.05) is 12.6 Å². The number of hydrogen-bond donors (Lipinski definition) is 1. The van der Waals surface area contributed by atoms with E-state index in [0.717, 1.165) is 33.4 Å². The lowest BCUT2D eigenvalue weighted by Crippen LogP contribution is -2.06. The van der Waals surface area contributed by atoms with Crippen LogP contribution in [0.25, 0.3) is 0 Å². The van der Waals surface area contributed by atoms with Gasteiger partial charge in [-0.25, -0.2) is 0 Å². The quantitative estimate of drug-likeness (QED) is 0.892. The van der Waals surface area contributed by atoms with Gasteiger partial charge in [-0.05, 0) is 48.3 Å². The standard InChI is InChI=1S/C16H21BrN2O2/c1-5-13-16(17)14(19(4)18-13)9-21-15-7-6-10(2)8-12(15)11(3)20/h6-8,11,20H,5,9H2,1-4H3. The first-order valence-electron chi connectivity index (χ1n) is 7.05. The SMILES string of the molecule is CCc1nn(C)c(COc2ccc(C)cc2C(C)O)c1Br. The van der Waals surface area contributed by atoms with Crippen molar-refractivity contribution < 1.29 is 9.84 Å². The zero-order valence-corrected chi connectivity index (χ0v) is 14.4. The monoisotopic (exact) mass is 352 g/mol. The maximum absolute atomic E-state index is 9.87. The Kier molecular flexibility index (Phi) is 5.06. The molecule has 1 aromatic heterocycles. The van der Waals surface area contributed by atoms with Gasteiger partial charge >= 0.3 is 0 Å². The smallest absolute Gasteiger partial charge is 0.131 e. The summed E-state index contributed by atoms with van der Waals surface area (Å²) in [4.78, 5) is 0. The number of halogens is 1. The number of hydrogen-bond acceptors (Lipinski definition) is 3. The third kappa shape index (κ3) is 3.47. The minimum atomic E-state index is -0.555. The fraction of sp³-hybridized carbons (Fsp3) is 0.438. The molecule has 1 atom stereocenters. The van der Waals surface area contributed by atoms with E-state index in [2.05, 4.69) is 28.0 Å². The Labute approximate surface area is 133 Å². The average Bonchev–Trinajstić information content (AvgIpc) is 2.72. The molecule has 2 rings (SSSR count). The van der Waals surface area contributed by atoms with Gasteiger partial charge in [-0.3, -0.25) is 4.68 Å². The molecule has 2 aromatic rings. The van der Waals surface area contributed by atoms with Crippen LogP contribution in [0, 0.1) is 6.92 Å². The Morgan fingerprint density at radius 3 is 2.71 bits per heavy atom. The second-order valence-electron chi connectivity index (χ2n) is 5.19. The van der Waals surface area contributed by atoms with Crippen LogP contribution in [0.2, 0.25) is 0 Å². The molecule has 5 heteroatoms. The second kappa shape index (κ2) is 6.62. The first kappa shape index (κ1) is 16.0. The summed E-state index contributed by atoms with van der Waals surface area (Å²) in [6, 6.07) is 5.84. The van der Waals surface area contributed by atoms with Crippen molar-refractivity contribution in [2.45, 2.75) is 39.9 Å². The van der Waals surface area contributed by atoms with Gasteiger partial charge < -0.3 is 9.84 Å². The summed E-state index contributed by atoms with van der Waals surface area (Å²) < 4.78 is 8.74. The molecule has 0 aliphatic heterocycles. The molecule has 0 saturated carbocycles. The van der Waals surface area contributed by atoms with Gasteiger partial charge in [0.25, 0.3) is 0 Å². The van der Waals surface area contributed by atoms with Crippen molar-refractivity contribution in [3.8, 4) is 5.75 Å². The highest BCUT2D eigenvalue weighted by Crippen LogP contribution is 2.28. The average molecular weight is 353 g/mol. The minimum Gasteiger partial charge on any atom is -0.487 e. The molecule has 0 bridgehead atoms. The highest BCUT2D eigenvalue weighted by molar-refractivity contribution is 9.10. The van der Waals surface area contributed by atoms with Crippen molar-refractivity contribution in [2.75, 3.05) is 0 Å². The van der Waals surface area contributed by atoms with E-state index in [1.54, 1.807) is 6.92 Å². The number of nitrogens with zero attached hydrogens (tertiary/aromatic N) is 2. The molecule has 0 saturated heterocycles. The van der Waals surface area contributed by atoms with Crippen molar-refractivity contribution in [1.29, 1.82) is 0 Å². The van der Waals surface area contributed by atoms with Crippen molar-refractivity contribution >= 4 is 15.9 Å². The lowest BCUT2D eigenvalue weighted by Gasteiger charge is -2.14. The van der Waals surface area contributed by atoms with Crippen molar-refractivity contribution in [3.63, 3.8) is 0 Å². The van der Waals surface area contributed by atoms with Crippen molar-refractivity contribution in [3.05, 3.63) is 45.2 Å². The molecule has 1 heterocycles. The van der Waals surface area contributed by atoms with E-state index in [-0.39, 0.29) is 0 Å². The largest absolute Gasteiger partial charge is 0.487 e. The normalized spacial score (nSPS) is 12.5. The third-order valence-corrected chi connectivity index (χ3v) is 4.40. The Balaban J connectivity index is 2.23. The van der Waals surface area contributed by atoms with Gasteiger partial charge in [0.2, 0.25) is 0 Å². The number of ether oxygens (including phenoxy) is 1. The van der Waals surface area contributed by atoms with Gasteiger partial charge in [0.05, 0.1) is 22.0 Å². The lowest BCUT2D eigenvalue weighted by molar-refractivity contribution is 0.189. The maximum Gasteiger partial charge on any atom is 0.131 e. The molecule has 0 aliphatic rings. The summed E-state index contributed by atoms with van der Waals surface area (Å²) in [7, 11) is 1.91. The van der Waals surface area contributed by atoms with Crippen LogP contribution in [0.3, 0.4) is 0 Å². The second-order valence-corrected chi connectivity index (χ2v) is 5.98. The third-order valence-electron chi connectivity index (χ3n) is 3.48. The molecular weight excluding hydrogens is 332 g/mol. The number of benzene rings is 1. The van der Waals surface area contributed by atoms with E-state index >= 15 is 0 Å². The van der Waals surface area contributed by atoms with Gasteiger partial charge in [-0.1, -0.05) is 18.6 Å². The molecule has 114 valence electrons. The molecule has 1 unspecified atom stereocenters.